The van der Waals surface area contributed by atoms with Gasteiger partial charge in [-0.15, -0.1) is 0 Å². The predicted octanol–water partition coefficient (Wildman–Crippen LogP) is 1.83. The van der Waals surface area contributed by atoms with Gasteiger partial charge in [0.05, 0.1) is 12.0 Å². The van der Waals surface area contributed by atoms with E-state index in [4.69, 9.17) is 9.47 Å². The minimum atomic E-state index is -0.503. The number of aliphatic hydroxyl groups excluding tert-OH is 1. The van der Waals surface area contributed by atoms with Gasteiger partial charge in [-0.2, -0.15) is 0 Å². The molecule has 7 atom stereocenters. The zero-order valence-corrected chi connectivity index (χ0v) is 13.4. The molecule has 0 bridgehead atoms. The number of ether oxygens (including phenoxy) is 2. The van der Waals surface area contributed by atoms with Crippen LogP contribution in [-0.4, -0.2) is 35.4 Å². The maximum absolute atomic E-state index is 12.0. The molecule has 2 saturated carbocycles. The molecule has 1 heterocycles. The first kappa shape index (κ1) is 15.5. The van der Waals surface area contributed by atoms with Crippen LogP contribution in [0.25, 0.3) is 0 Å². The molecule has 1 N–H and O–H groups in total. The third kappa shape index (κ3) is 2.09. The highest BCUT2D eigenvalue weighted by Crippen LogP contribution is 2.57. The molecule has 0 amide bonds. The molecule has 2 aliphatic carbocycles. The van der Waals surface area contributed by atoms with Gasteiger partial charge in [-0.05, 0) is 19.3 Å². The van der Waals surface area contributed by atoms with Gasteiger partial charge in [0.15, 0.2) is 0 Å². The summed E-state index contributed by atoms with van der Waals surface area (Å²) in [5.41, 5.74) is 0.532. The fourth-order valence-corrected chi connectivity index (χ4v) is 4.83. The smallest absolute Gasteiger partial charge is 0.309 e. The molecule has 22 heavy (non-hydrogen) atoms. The van der Waals surface area contributed by atoms with Crippen molar-refractivity contribution in [1.29, 1.82) is 0 Å². The van der Waals surface area contributed by atoms with Gasteiger partial charge in [-0.25, -0.2) is 0 Å². The van der Waals surface area contributed by atoms with Crippen molar-refractivity contribution >= 4 is 11.9 Å². The van der Waals surface area contributed by atoms with Crippen LogP contribution in [0.3, 0.4) is 0 Å². The van der Waals surface area contributed by atoms with Gasteiger partial charge < -0.3 is 14.6 Å². The van der Waals surface area contributed by atoms with Crippen LogP contribution in [0, 0.1) is 23.2 Å². The van der Waals surface area contributed by atoms with Crippen LogP contribution in [0.5, 0.6) is 0 Å². The molecular formula is C17H24O5. The predicted molar refractivity (Wildman–Crippen MR) is 78.7 cm³/mol. The van der Waals surface area contributed by atoms with Crippen LogP contribution in [0.15, 0.2) is 12.2 Å². The van der Waals surface area contributed by atoms with Crippen LogP contribution < -0.4 is 0 Å². The third-order valence-corrected chi connectivity index (χ3v) is 5.95. The molecule has 5 heteroatoms. The molecule has 1 aliphatic heterocycles. The van der Waals surface area contributed by atoms with E-state index < -0.39 is 17.6 Å². The lowest BCUT2D eigenvalue weighted by Crippen LogP contribution is -2.59. The SMILES string of the molecule is C=C1CC[C@@H](O)[C@]2(C)C[C@@H]3OC(=O)[C@H](C)[C@@H]3[C@H](OC(C)=O)[C@@H]12. The van der Waals surface area contributed by atoms with Crippen molar-refractivity contribution in [3.05, 3.63) is 12.2 Å². The average Bonchev–Trinajstić information content (AvgIpc) is 2.68. The van der Waals surface area contributed by atoms with Crippen molar-refractivity contribution in [2.75, 3.05) is 0 Å². The Hall–Kier alpha value is -1.36. The zero-order chi connectivity index (χ0) is 16.2. The summed E-state index contributed by atoms with van der Waals surface area (Å²) in [6.45, 7) is 9.37. The maximum Gasteiger partial charge on any atom is 0.309 e. The third-order valence-electron chi connectivity index (χ3n) is 5.95. The van der Waals surface area contributed by atoms with Crippen LogP contribution in [0.1, 0.15) is 40.0 Å². The number of fused-ring (bicyclic) bond motifs is 2. The van der Waals surface area contributed by atoms with Crippen molar-refractivity contribution in [3.63, 3.8) is 0 Å². The van der Waals surface area contributed by atoms with Gasteiger partial charge in [0.1, 0.15) is 12.2 Å². The van der Waals surface area contributed by atoms with Gasteiger partial charge in [0, 0.05) is 24.2 Å². The Morgan fingerprint density at radius 1 is 1.50 bits per heavy atom. The van der Waals surface area contributed by atoms with E-state index in [1.807, 2.05) is 13.8 Å². The van der Waals surface area contributed by atoms with E-state index in [0.29, 0.717) is 12.8 Å². The average molecular weight is 308 g/mol. The minimum absolute atomic E-state index is 0.127. The highest BCUT2D eigenvalue weighted by molar-refractivity contribution is 5.75. The highest BCUT2D eigenvalue weighted by Gasteiger charge is 2.62. The lowest BCUT2D eigenvalue weighted by molar-refractivity contribution is -0.181. The lowest BCUT2D eigenvalue weighted by Gasteiger charge is -2.55. The highest BCUT2D eigenvalue weighted by atomic mass is 16.6. The van der Waals surface area contributed by atoms with Gasteiger partial charge in [0.2, 0.25) is 0 Å². The molecule has 0 aromatic carbocycles. The summed E-state index contributed by atoms with van der Waals surface area (Å²) in [7, 11) is 0. The molecule has 0 aromatic heterocycles. The fraction of sp³-hybridized carbons (Fsp3) is 0.765. The van der Waals surface area contributed by atoms with E-state index in [2.05, 4.69) is 6.58 Å². The molecule has 3 rings (SSSR count). The number of carbonyl (C=O) groups is 2. The van der Waals surface area contributed by atoms with Gasteiger partial charge >= 0.3 is 11.9 Å². The van der Waals surface area contributed by atoms with Crippen molar-refractivity contribution in [1.82, 2.24) is 0 Å². The normalized spacial score (nSPS) is 47.5. The largest absolute Gasteiger partial charge is 0.462 e. The molecule has 3 aliphatic rings. The van der Waals surface area contributed by atoms with E-state index in [0.717, 1.165) is 12.0 Å². The fourth-order valence-electron chi connectivity index (χ4n) is 4.83. The first-order valence-corrected chi connectivity index (χ1v) is 7.99. The molecule has 1 saturated heterocycles. The summed E-state index contributed by atoms with van der Waals surface area (Å²) in [4.78, 5) is 23.6. The van der Waals surface area contributed by atoms with Crippen LogP contribution in [-0.2, 0) is 19.1 Å². The Bertz CT molecular complexity index is 527. The molecular weight excluding hydrogens is 284 g/mol. The van der Waals surface area contributed by atoms with E-state index in [1.165, 1.54) is 6.92 Å². The molecule has 3 fully saturated rings. The molecule has 122 valence electrons. The summed E-state index contributed by atoms with van der Waals surface area (Å²) >= 11 is 0. The number of esters is 2. The van der Waals surface area contributed by atoms with Crippen LogP contribution >= 0.6 is 0 Å². The second kappa shape index (κ2) is 5.08. The molecule has 0 unspecified atom stereocenters. The standard InChI is InChI=1S/C17H24O5/c1-8-5-6-12(19)17(4)7-11-13(9(2)16(20)22-11)15(14(8)17)21-10(3)18/h9,11-15,19H,1,5-7H2,2-4H3/t9-,11+,12-,13+,14-,15+,17+/m1/s1. The topological polar surface area (TPSA) is 72.8 Å². The minimum Gasteiger partial charge on any atom is -0.462 e. The summed E-state index contributed by atoms with van der Waals surface area (Å²) in [6, 6.07) is 0. The zero-order valence-electron chi connectivity index (χ0n) is 13.4. The molecule has 0 radical (unpaired) electrons. The van der Waals surface area contributed by atoms with Gasteiger partial charge in [-0.3, -0.25) is 9.59 Å². The number of hydrogen-bond acceptors (Lipinski definition) is 5. The van der Waals surface area contributed by atoms with Gasteiger partial charge in [-0.1, -0.05) is 26.0 Å². The van der Waals surface area contributed by atoms with Crippen molar-refractivity contribution in [3.8, 4) is 0 Å². The lowest BCUT2D eigenvalue weighted by atomic mass is 9.53. The Morgan fingerprint density at radius 2 is 2.18 bits per heavy atom. The second-order valence-corrected chi connectivity index (χ2v) is 7.32. The summed E-state index contributed by atoms with van der Waals surface area (Å²) in [6.07, 6.45) is 0.714. The first-order chi connectivity index (χ1) is 10.3. The Morgan fingerprint density at radius 3 is 2.82 bits per heavy atom. The molecule has 0 spiro atoms. The number of aliphatic hydroxyl groups is 1. The first-order valence-electron chi connectivity index (χ1n) is 7.99. The Kier molecular flexibility index (Phi) is 3.59. The Balaban J connectivity index is 2.04. The van der Waals surface area contributed by atoms with Crippen LogP contribution in [0.4, 0.5) is 0 Å². The number of hydrogen-bond donors (Lipinski definition) is 1. The molecule has 5 nitrogen and oxygen atoms in total. The van der Waals surface area contributed by atoms with E-state index in [9.17, 15) is 14.7 Å². The monoisotopic (exact) mass is 308 g/mol. The van der Waals surface area contributed by atoms with Crippen molar-refractivity contribution in [2.45, 2.75) is 58.3 Å². The van der Waals surface area contributed by atoms with Crippen molar-refractivity contribution in [2.24, 2.45) is 23.2 Å². The van der Waals surface area contributed by atoms with Crippen LogP contribution in [0.2, 0.25) is 0 Å². The van der Waals surface area contributed by atoms with E-state index >= 15 is 0 Å². The summed E-state index contributed by atoms with van der Waals surface area (Å²) < 4.78 is 11.2. The Labute approximate surface area is 130 Å². The van der Waals surface area contributed by atoms with Crippen molar-refractivity contribution < 1.29 is 24.2 Å². The van der Waals surface area contributed by atoms with E-state index in [-0.39, 0.29) is 35.8 Å². The second-order valence-electron chi connectivity index (χ2n) is 7.32. The van der Waals surface area contributed by atoms with Gasteiger partial charge in [0.25, 0.3) is 0 Å². The van der Waals surface area contributed by atoms with E-state index in [1.54, 1.807) is 0 Å². The summed E-state index contributed by atoms with van der Waals surface area (Å²) in [5.74, 6) is -1.19. The summed E-state index contributed by atoms with van der Waals surface area (Å²) in [5, 5.41) is 10.6. The quantitative estimate of drug-likeness (QED) is 0.591. The molecule has 0 aromatic rings. The number of rotatable bonds is 1. The maximum atomic E-state index is 12.0. The number of carbonyl (C=O) groups excluding carboxylic acids is 2.